The molecule has 3 atom stereocenters. The quantitative estimate of drug-likeness (QED) is 0.456. The van der Waals surface area contributed by atoms with Crippen LogP contribution in [0, 0.1) is 5.82 Å². The Morgan fingerprint density at radius 3 is 2.77 bits per heavy atom. The molecule has 31 heavy (non-hydrogen) atoms. The lowest BCUT2D eigenvalue weighted by Gasteiger charge is -2.19. The molecule has 9 heteroatoms. The minimum atomic E-state index is -1.09. The van der Waals surface area contributed by atoms with E-state index in [4.69, 9.17) is 14.2 Å². The second-order valence-electron chi connectivity index (χ2n) is 7.48. The standard InChI is InChI=1S/C22H27FN2O6/c1-2-3-5-10-20(26)30-14-18-17(29-13-15-8-6-4-7-9-15)11-19(31-18)25-12-16(23)21(27)24-22(25)28/h4,6-9,12,17-19H,2-3,5,10-11,13-14H2,1H3,(H,24,27,28)/t17-,18+,19+/m0/s1. The van der Waals surface area contributed by atoms with Gasteiger partial charge in [0.05, 0.1) is 18.9 Å². The highest BCUT2D eigenvalue weighted by molar-refractivity contribution is 5.69. The first kappa shape index (κ1) is 22.9. The van der Waals surface area contributed by atoms with Gasteiger partial charge in [0.15, 0.2) is 0 Å². The first-order valence-electron chi connectivity index (χ1n) is 10.5. The lowest BCUT2D eigenvalue weighted by atomic mass is 10.1. The zero-order valence-electron chi connectivity index (χ0n) is 17.4. The highest BCUT2D eigenvalue weighted by atomic mass is 19.1. The summed E-state index contributed by atoms with van der Waals surface area (Å²) in [4.78, 5) is 37.3. The number of hydrogen-bond donors (Lipinski definition) is 1. The van der Waals surface area contributed by atoms with Crippen LogP contribution in [0.5, 0.6) is 0 Å². The Bertz CT molecular complexity index is 974. The van der Waals surface area contributed by atoms with E-state index in [-0.39, 0.29) is 19.0 Å². The first-order chi connectivity index (χ1) is 15.0. The maximum Gasteiger partial charge on any atom is 0.330 e. The zero-order valence-corrected chi connectivity index (χ0v) is 17.4. The van der Waals surface area contributed by atoms with Crippen LogP contribution in [0.15, 0.2) is 46.1 Å². The van der Waals surface area contributed by atoms with E-state index in [1.807, 2.05) is 42.2 Å². The van der Waals surface area contributed by atoms with Crippen molar-refractivity contribution in [3.8, 4) is 0 Å². The summed E-state index contributed by atoms with van der Waals surface area (Å²) in [7, 11) is 0. The largest absolute Gasteiger partial charge is 0.463 e. The normalized spacial score (nSPS) is 20.6. The van der Waals surface area contributed by atoms with E-state index in [2.05, 4.69) is 0 Å². The molecule has 2 aromatic rings. The summed E-state index contributed by atoms with van der Waals surface area (Å²) >= 11 is 0. The molecule has 0 saturated carbocycles. The van der Waals surface area contributed by atoms with E-state index < -0.39 is 35.5 Å². The van der Waals surface area contributed by atoms with Crippen molar-refractivity contribution >= 4 is 5.97 Å². The second-order valence-corrected chi connectivity index (χ2v) is 7.48. The van der Waals surface area contributed by atoms with Crippen molar-refractivity contribution in [1.29, 1.82) is 0 Å². The molecule has 0 radical (unpaired) electrons. The number of H-pyrrole nitrogens is 1. The molecule has 8 nitrogen and oxygen atoms in total. The number of rotatable bonds is 10. The number of unbranched alkanes of at least 4 members (excludes halogenated alkanes) is 2. The van der Waals surface area contributed by atoms with Crippen LogP contribution in [0.3, 0.4) is 0 Å². The Kier molecular flexibility index (Phi) is 8.13. The van der Waals surface area contributed by atoms with Crippen LogP contribution in [0.2, 0.25) is 0 Å². The van der Waals surface area contributed by atoms with Gasteiger partial charge in [-0.05, 0) is 12.0 Å². The Morgan fingerprint density at radius 2 is 2.03 bits per heavy atom. The van der Waals surface area contributed by atoms with Gasteiger partial charge in [0.2, 0.25) is 5.82 Å². The van der Waals surface area contributed by atoms with Crippen molar-refractivity contribution in [3.63, 3.8) is 0 Å². The van der Waals surface area contributed by atoms with Crippen molar-refractivity contribution in [1.82, 2.24) is 9.55 Å². The van der Waals surface area contributed by atoms with Crippen LogP contribution >= 0.6 is 0 Å². The topological polar surface area (TPSA) is 99.6 Å². The number of ether oxygens (including phenoxy) is 3. The van der Waals surface area contributed by atoms with E-state index in [0.717, 1.165) is 35.6 Å². The van der Waals surface area contributed by atoms with Gasteiger partial charge < -0.3 is 14.2 Å². The highest BCUT2D eigenvalue weighted by Gasteiger charge is 2.38. The number of hydrogen-bond acceptors (Lipinski definition) is 6. The maximum absolute atomic E-state index is 13.7. The van der Waals surface area contributed by atoms with Crippen LogP contribution < -0.4 is 11.2 Å². The van der Waals surface area contributed by atoms with Crippen LogP contribution in [0.1, 0.15) is 50.8 Å². The summed E-state index contributed by atoms with van der Waals surface area (Å²) in [6.45, 7) is 2.31. The summed E-state index contributed by atoms with van der Waals surface area (Å²) in [5.41, 5.74) is -0.919. The summed E-state index contributed by atoms with van der Waals surface area (Å²) in [6.07, 6.45) is 2.09. The summed E-state index contributed by atoms with van der Waals surface area (Å²) < 4.78 is 31.9. The number of benzene rings is 1. The van der Waals surface area contributed by atoms with Gasteiger partial charge in [0, 0.05) is 12.8 Å². The lowest BCUT2D eigenvalue weighted by molar-refractivity contribution is -0.151. The van der Waals surface area contributed by atoms with Gasteiger partial charge in [-0.15, -0.1) is 0 Å². The van der Waals surface area contributed by atoms with E-state index in [0.29, 0.717) is 13.0 Å². The van der Waals surface area contributed by atoms with Gasteiger partial charge in [-0.2, -0.15) is 4.39 Å². The molecule has 1 aromatic carbocycles. The molecule has 0 bridgehead atoms. The van der Waals surface area contributed by atoms with Crippen molar-refractivity contribution in [3.05, 3.63) is 68.7 Å². The third-order valence-electron chi connectivity index (χ3n) is 5.12. The third-order valence-corrected chi connectivity index (χ3v) is 5.12. The molecule has 1 aliphatic rings. The van der Waals surface area contributed by atoms with Gasteiger partial charge in [0.1, 0.15) is 18.9 Å². The number of esters is 1. The van der Waals surface area contributed by atoms with Crippen molar-refractivity contribution in [2.24, 2.45) is 0 Å². The highest BCUT2D eigenvalue weighted by Crippen LogP contribution is 2.31. The first-order valence-corrected chi connectivity index (χ1v) is 10.5. The smallest absolute Gasteiger partial charge is 0.330 e. The average molecular weight is 434 g/mol. The molecule has 0 amide bonds. The second kappa shape index (κ2) is 11.0. The van der Waals surface area contributed by atoms with Gasteiger partial charge in [-0.3, -0.25) is 19.1 Å². The zero-order chi connectivity index (χ0) is 22.2. The van der Waals surface area contributed by atoms with Crippen molar-refractivity contribution in [2.75, 3.05) is 6.61 Å². The molecule has 2 heterocycles. The fraction of sp³-hybridized carbons (Fsp3) is 0.500. The summed E-state index contributed by atoms with van der Waals surface area (Å²) in [6, 6.07) is 9.52. The predicted octanol–water partition coefficient (Wildman–Crippen LogP) is 2.67. The van der Waals surface area contributed by atoms with E-state index in [1.165, 1.54) is 0 Å². The Balaban J connectivity index is 1.68. The summed E-state index contributed by atoms with van der Waals surface area (Å²) in [5.74, 6) is -1.41. The molecule has 0 aliphatic carbocycles. The minimum Gasteiger partial charge on any atom is -0.463 e. The van der Waals surface area contributed by atoms with Crippen LogP contribution in [0.25, 0.3) is 0 Å². The molecule has 168 valence electrons. The number of aromatic amines is 1. The number of carbonyl (C=O) groups excluding carboxylic acids is 1. The lowest BCUT2D eigenvalue weighted by Crippen LogP contribution is -2.34. The molecule has 3 rings (SSSR count). The number of nitrogens with one attached hydrogen (secondary N) is 1. The Labute approximate surface area is 179 Å². The molecule has 0 unspecified atom stereocenters. The van der Waals surface area contributed by atoms with E-state index >= 15 is 0 Å². The molecule has 1 saturated heterocycles. The third kappa shape index (κ3) is 6.35. The maximum atomic E-state index is 13.7. The van der Waals surface area contributed by atoms with Crippen LogP contribution in [-0.4, -0.2) is 34.3 Å². The Hall–Kier alpha value is -2.78. The predicted molar refractivity (Wildman–Crippen MR) is 110 cm³/mol. The molecule has 1 fully saturated rings. The molecule has 1 aliphatic heterocycles. The van der Waals surface area contributed by atoms with Crippen LogP contribution in [-0.2, 0) is 25.6 Å². The Morgan fingerprint density at radius 1 is 1.26 bits per heavy atom. The fourth-order valence-electron chi connectivity index (χ4n) is 3.42. The molecular weight excluding hydrogens is 407 g/mol. The number of halogens is 1. The molecular formula is C22H27FN2O6. The number of aromatic nitrogens is 2. The van der Waals surface area contributed by atoms with Crippen molar-refractivity contribution < 1.29 is 23.4 Å². The van der Waals surface area contributed by atoms with E-state index in [1.54, 1.807) is 0 Å². The van der Waals surface area contributed by atoms with Gasteiger partial charge in [-0.1, -0.05) is 50.1 Å². The monoisotopic (exact) mass is 434 g/mol. The van der Waals surface area contributed by atoms with E-state index in [9.17, 15) is 18.8 Å². The molecule has 1 N–H and O–H groups in total. The van der Waals surface area contributed by atoms with Gasteiger partial charge in [0.25, 0.3) is 5.56 Å². The number of nitrogens with zero attached hydrogens (tertiary/aromatic N) is 1. The van der Waals surface area contributed by atoms with Crippen molar-refractivity contribution in [2.45, 2.75) is 64.1 Å². The minimum absolute atomic E-state index is 0.0402. The van der Waals surface area contributed by atoms with Gasteiger partial charge in [-0.25, -0.2) is 4.79 Å². The van der Waals surface area contributed by atoms with Gasteiger partial charge >= 0.3 is 11.7 Å². The molecule has 1 aromatic heterocycles. The SMILES string of the molecule is CCCCCC(=O)OC[C@H]1O[C@@H](n2cc(F)c(=O)[nH]c2=O)C[C@@H]1OCc1ccccc1. The average Bonchev–Trinajstić information content (AvgIpc) is 3.17. The van der Waals surface area contributed by atoms with Crippen LogP contribution in [0.4, 0.5) is 4.39 Å². The summed E-state index contributed by atoms with van der Waals surface area (Å²) in [5, 5.41) is 0. The molecule has 0 spiro atoms. The number of carbonyl (C=O) groups is 1. The fourth-order valence-corrected chi connectivity index (χ4v) is 3.42.